The van der Waals surface area contributed by atoms with Crippen molar-refractivity contribution in [2.45, 2.75) is 5.97 Å². The van der Waals surface area contributed by atoms with E-state index in [2.05, 4.69) is 0 Å². The summed E-state index contributed by atoms with van der Waals surface area (Å²) in [5.41, 5.74) is 0. The summed E-state index contributed by atoms with van der Waals surface area (Å²) in [6.07, 6.45) is 0.0347. The molecule has 5 heteroatoms. The number of hydrogen-bond acceptors (Lipinski definition) is 3. The van der Waals surface area contributed by atoms with Gasteiger partial charge in [-0.2, -0.15) is 0 Å². The Morgan fingerprint density at radius 3 is 1.75 bits per heavy atom. The van der Waals surface area contributed by atoms with Crippen molar-refractivity contribution in [1.29, 1.82) is 0 Å². The molecule has 0 heterocycles. The van der Waals surface area contributed by atoms with Gasteiger partial charge in [-0.25, -0.2) is 0 Å². The van der Waals surface area contributed by atoms with Crippen molar-refractivity contribution in [2.75, 3.05) is 12.8 Å². The highest BCUT2D eigenvalue weighted by Crippen LogP contribution is 2.08. The van der Waals surface area contributed by atoms with E-state index in [1.54, 1.807) is 6.66 Å². The van der Waals surface area contributed by atoms with Crippen LogP contribution in [0.25, 0.3) is 0 Å². The lowest BCUT2D eigenvalue weighted by Crippen LogP contribution is -2.29. The highest BCUT2D eigenvalue weighted by atomic mass is 31.1. The highest BCUT2D eigenvalue weighted by molar-refractivity contribution is 7.37. The van der Waals surface area contributed by atoms with E-state index in [9.17, 15) is 0 Å². The monoisotopic (exact) mass is 138 g/mol. The predicted molar refractivity (Wildman–Crippen MR) is 38.4 cm³/mol. The van der Waals surface area contributed by atoms with Crippen molar-refractivity contribution in [2.24, 2.45) is 0 Å². The first-order chi connectivity index (χ1) is 3.06. The van der Waals surface area contributed by atoms with Crippen LogP contribution in [-0.4, -0.2) is 42.5 Å². The average Bonchev–Trinajstić information content (AvgIpc) is 1.30. The molecule has 0 aromatic rings. The van der Waals surface area contributed by atoms with E-state index in [0.29, 0.717) is 8.58 Å². The van der Waals surface area contributed by atoms with Gasteiger partial charge in [0.1, 0.15) is 0 Å². The van der Waals surface area contributed by atoms with Crippen LogP contribution in [0.5, 0.6) is 0 Å². The summed E-state index contributed by atoms with van der Waals surface area (Å²) in [4.78, 5) is 0. The van der Waals surface area contributed by atoms with Crippen LogP contribution in [0.4, 0.5) is 0 Å². The number of hydrogen-bond donors (Lipinski definition) is 3. The van der Waals surface area contributed by atoms with Gasteiger partial charge in [0.15, 0.2) is 0 Å². The Morgan fingerprint density at radius 2 is 1.75 bits per heavy atom. The second-order valence-corrected chi connectivity index (χ2v) is 2.37. The first-order valence-electron chi connectivity index (χ1n) is 1.88. The minimum absolute atomic E-state index is 0. The van der Waals surface area contributed by atoms with Crippen LogP contribution in [0.3, 0.4) is 0 Å². The minimum Gasteiger partial charge on any atom is -0.343 e. The number of rotatable bonds is 2. The van der Waals surface area contributed by atoms with Crippen LogP contribution in [0.15, 0.2) is 0 Å². The molecule has 0 aliphatic rings. The SMILES string of the molecule is B.CPCC(O)(O)O. The van der Waals surface area contributed by atoms with Gasteiger partial charge in [-0.05, 0) is 6.66 Å². The van der Waals surface area contributed by atoms with Gasteiger partial charge in [-0.15, -0.1) is 8.58 Å². The van der Waals surface area contributed by atoms with E-state index >= 15 is 0 Å². The van der Waals surface area contributed by atoms with E-state index in [1.807, 2.05) is 0 Å². The van der Waals surface area contributed by atoms with E-state index in [0.717, 1.165) is 0 Å². The third-order valence-electron chi connectivity index (χ3n) is 0.414. The minimum atomic E-state index is -2.44. The quantitative estimate of drug-likeness (QED) is 0.229. The lowest BCUT2D eigenvalue weighted by molar-refractivity contribution is -0.293. The Morgan fingerprint density at radius 1 is 1.38 bits per heavy atom. The molecule has 0 aromatic heterocycles. The Kier molecular flexibility index (Phi) is 5.99. The number of aliphatic hydroxyl groups is 3. The molecule has 0 radical (unpaired) electrons. The molecule has 8 heavy (non-hydrogen) atoms. The first-order valence-corrected chi connectivity index (χ1v) is 3.59. The van der Waals surface area contributed by atoms with Gasteiger partial charge >= 0.3 is 0 Å². The van der Waals surface area contributed by atoms with Crippen LogP contribution in [0.1, 0.15) is 0 Å². The molecule has 0 saturated carbocycles. The van der Waals surface area contributed by atoms with Gasteiger partial charge in [-0.3, -0.25) is 0 Å². The second kappa shape index (κ2) is 4.27. The van der Waals surface area contributed by atoms with E-state index < -0.39 is 5.97 Å². The summed E-state index contributed by atoms with van der Waals surface area (Å²) < 4.78 is 0. The fraction of sp³-hybridized carbons (Fsp3) is 1.00. The fourth-order valence-electron chi connectivity index (χ4n) is 0.237. The van der Waals surface area contributed by atoms with E-state index in [4.69, 9.17) is 15.3 Å². The maximum Gasteiger partial charge on any atom is 0.279 e. The maximum atomic E-state index is 8.14. The standard InChI is InChI=1S/C3H9O3P.BH3/c1-7-2-3(4,5)6;/h4-7H,2H2,1H3;1H3. The van der Waals surface area contributed by atoms with Crippen LogP contribution < -0.4 is 0 Å². The molecule has 1 atom stereocenters. The van der Waals surface area contributed by atoms with Crippen LogP contribution in [-0.2, 0) is 0 Å². The fourth-order valence-corrected chi connectivity index (χ4v) is 0.712. The zero-order chi connectivity index (χ0) is 5.91. The van der Waals surface area contributed by atoms with Crippen molar-refractivity contribution in [3.8, 4) is 0 Å². The first kappa shape index (κ1) is 11.2. The Balaban J connectivity index is 0. The average molecular weight is 138 g/mol. The van der Waals surface area contributed by atoms with Crippen molar-refractivity contribution < 1.29 is 15.3 Å². The highest BCUT2D eigenvalue weighted by Gasteiger charge is 2.14. The maximum absolute atomic E-state index is 8.14. The third-order valence-corrected chi connectivity index (χ3v) is 1.24. The molecule has 50 valence electrons. The lowest BCUT2D eigenvalue weighted by Gasteiger charge is -2.10. The second-order valence-electron chi connectivity index (χ2n) is 1.30. The third kappa shape index (κ3) is 9.62. The molecular formula is C3H12BO3P. The molecule has 0 fully saturated rings. The van der Waals surface area contributed by atoms with Gasteiger partial charge in [0.2, 0.25) is 0 Å². The Hall–Kier alpha value is 0.375. The normalized spacial score (nSPS) is 12.0. The molecule has 0 aromatic carbocycles. The molecule has 3 N–H and O–H groups in total. The van der Waals surface area contributed by atoms with Crippen LogP contribution >= 0.6 is 8.58 Å². The Labute approximate surface area is 52.1 Å². The summed E-state index contributed by atoms with van der Waals surface area (Å²) >= 11 is 0. The van der Waals surface area contributed by atoms with Gasteiger partial charge in [-0.1, -0.05) is 0 Å². The van der Waals surface area contributed by atoms with Crippen LogP contribution in [0, 0.1) is 0 Å². The van der Waals surface area contributed by atoms with Gasteiger partial charge in [0, 0.05) is 6.16 Å². The zero-order valence-electron chi connectivity index (χ0n) is 4.05. The smallest absolute Gasteiger partial charge is 0.279 e. The van der Waals surface area contributed by atoms with Gasteiger partial charge in [0.25, 0.3) is 5.97 Å². The molecule has 0 amide bonds. The summed E-state index contributed by atoms with van der Waals surface area (Å²) in [6.45, 7) is 1.78. The molecular weight excluding hydrogens is 126 g/mol. The molecule has 1 unspecified atom stereocenters. The van der Waals surface area contributed by atoms with Crippen LogP contribution in [0.2, 0.25) is 0 Å². The van der Waals surface area contributed by atoms with Crippen molar-refractivity contribution in [3.05, 3.63) is 0 Å². The zero-order valence-corrected chi connectivity index (χ0v) is 5.05. The predicted octanol–water partition coefficient (Wildman–Crippen LogP) is -2.26. The molecule has 0 bridgehead atoms. The van der Waals surface area contributed by atoms with Gasteiger partial charge < -0.3 is 15.3 Å². The Bertz CT molecular complexity index is 53.0. The topological polar surface area (TPSA) is 60.7 Å². The molecule has 0 saturated heterocycles. The molecule has 0 rings (SSSR count). The summed E-state index contributed by atoms with van der Waals surface area (Å²) in [7, 11) is 0.359. The van der Waals surface area contributed by atoms with Crippen molar-refractivity contribution in [3.63, 3.8) is 0 Å². The summed E-state index contributed by atoms with van der Waals surface area (Å²) in [6, 6.07) is 0. The summed E-state index contributed by atoms with van der Waals surface area (Å²) in [5.74, 6) is -2.44. The van der Waals surface area contributed by atoms with E-state index in [1.165, 1.54) is 0 Å². The molecule has 0 spiro atoms. The van der Waals surface area contributed by atoms with Crippen molar-refractivity contribution >= 4 is 17.0 Å². The van der Waals surface area contributed by atoms with Gasteiger partial charge in [0.05, 0.1) is 8.41 Å². The van der Waals surface area contributed by atoms with Crippen molar-refractivity contribution in [1.82, 2.24) is 0 Å². The molecule has 3 nitrogen and oxygen atoms in total. The molecule has 0 aliphatic heterocycles. The largest absolute Gasteiger partial charge is 0.343 e. The van der Waals surface area contributed by atoms with E-state index in [-0.39, 0.29) is 14.6 Å². The lowest BCUT2D eigenvalue weighted by atomic mass is 10.7. The summed E-state index contributed by atoms with van der Waals surface area (Å²) in [5, 5.41) is 24.4. The molecule has 0 aliphatic carbocycles.